The van der Waals surface area contributed by atoms with Crippen molar-refractivity contribution in [2.75, 3.05) is 0 Å². The van der Waals surface area contributed by atoms with E-state index in [1.165, 1.54) is 0 Å². The summed E-state index contributed by atoms with van der Waals surface area (Å²) >= 11 is 0. The highest BCUT2D eigenvalue weighted by Crippen LogP contribution is 2.41. The van der Waals surface area contributed by atoms with E-state index in [1.807, 2.05) is 11.8 Å². The molecule has 0 aromatic carbocycles. The Labute approximate surface area is 109 Å². The van der Waals surface area contributed by atoms with Crippen molar-refractivity contribution in [3.05, 3.63) is 0 Å². The Kier molecular flexibility index (Phi) is 2.95. The van der Waals surface area contributed by atoms with Crippen LogP contribution in [0, 0.1) is 5.41 Å². The number of hydrogen-bond acceptors (Lipinski definition) is 2. The Bertz CT molecular complexity index is 387. The average Bonchev–Trinajstić information content (AvgIpc) is 2.56. The normalized spacial score (nSPS) is 34.6. The summed E-state index contributed by atoms with van der Waals surface area (Å²) in [7, 11) is 0. The van der Waals surface area contributed by atoms with Crippen LogP contribution < -0.4 is 5.32 Å². The van der Waals surface area contributed by atoms with Crippen LogP contribution in [0.25, 0.3) is 0 Å². The molecule has 2 rings (SSSR count). The van der Waals surface area contributed by atoms with E-state index in [-0.39, 0.29) is 29.3 Å². The quantitative estimate of drug-likeness (QED) is 0.772. The molecule has 102 valence electrons. The average molecular weight is 252 g/mol. The molecule has 2 fully saturated rings. The summed E-state index contributed by atoms with van der Waals surface area (Å²) in [5, 5.41) is 2.80. The zero-order valence-electron chi connectivity index (χ0n) is 12.0. The first kappa shape index (κ1) is 13.4. The fourth-order valence-corrected chi connectivity index (χ4v) is 3.21. The highest BCUT2D eigenvalue weighted by atomic mass is 16.2. The smallest absolute Gasteiger partial charge is 0.248 e. The molecule has 2 aliphatic rings. The van der Waals surface area contributed by atoms with Crippen molar-refractivity contribution < 1.29 is 9.59 Å². The van der Waals surface area contributed by atoms with E-state index in [2.05, 4.69) is 19.2 Å². The summed E-state index contributed by atoms with van der Waals surface area (Å²) in [5.41, 5.74) is -0.487. The lowest BCUT2D eigenvalue weighted by Crippen LogP contribution is -2.69. The fourth-order valence-electron chi connectivity index (χ4n) is 3.21. The van der Waals surface area contributed by atoms with Gasteiger partial charge in [-0.05, 0) is 45.4 Å². The second-order valence-electron chi connectivity index (χ2n) is 7.06. The first-order chi connectivity index (χ1) is 8.14. The molecular formula is C14H24N2O2. The Balaban J connectivity index is 2.25. The second kappa shape index (κ2) is 3.97. The van der Waals surface area contributed by atoms with Crippen LogP contribution in [-0.4, -0.2) is 34.3 Å². The Hall–Kier alpha value is -1.06. The molecule has 1 saturated carbocycles. The lowest BCUT2D eigenvalue weighted by atomic mass is 9.90. The third kappa shape index (κ3) is 2.13. The van der Waals surface area contributed by atoms with Gasteiger partial charge < -0.3 is 10.2 Å². The maximum atomic E-state index is 12.5. The Morgan fingerprint density at radius 3 is 2.33 bits per heavy atom. The SMILES string of the molecule is CC1C(=O)NC(C)(C)C(=O)N1C1CCC(C)(C)C1. The molecule has 18 heavy (non-hydrogen) atoms. The third-order valence-corrected chi connectivity index (χ3v) is 4.34. The van der Waals surface area contributed by atoms with E-state index >= 15 is 0 Å². The summed E-state index contributed by atoms with van der Waals surface area (Å²) in [6.45, 7) is 9.86. The maximum absolute atomic E-state index is 12.5. The van der Waals surface area contributed by atoms with Crippen molar-refractivity contribution >= 4 is 11.8 Å². The van der Waals surface area contributed by atoms with Gasteiger partial charge in [-0.25, -0.2) is 0 Å². The molecule has 0 aromatic heterocycles. The molecule has 0 bridgehead atoms. The van der Waals surface area contributed by atoms with Gasteiger partial charge in [0.05, 0.1) is 0 Å². The number of carbonyl (C=O) groups is 2. The van der Waals surface area contributed by atoms with Crippen molar-refractivity contribution in [1.29, 1.82) is 0 Å². The van der Waals surface area contributed by atoms with Gasteiger partial charge in [0.25, 0.3) is 0 Å². The number of hydrogen-bond donors (Lipinski definition) is 1. The molecule has 4 nitrogen and oxygen atoms in total. The molecule has 1 heterocycles. The summed E-state index contributed by atoms with van der Waals surface area (Å²) in [6.07, 6.45) is 3.12. The van der Waals surface area contributed by atoms with Crippen LogP contribution in [0.2, 0.25) is 0 Å². The van der Waals surface area contributed by atoms with Crippen LogP contribution in [0.3, 0.4) is 0 Å². The van der Waals surface area contributed by atoms with E-state index in [9.17, 15) is 9.59 Å². The molecule has 1 saturated heterocycles. The van der Waals surface area contributed by atoms with Gasteiger partial charge in [0.15, 0.2) is 0 Å². The zero-order chi connectivity index (χ0) is 13.7. The minimum Gasteiger partial charge on any atom is -0.340 e. The number of nitrogens with zero attached hydrogens (tertiary/aromatic N) is 1. The van der Waals surface area contributed by atoms with E-state index in [4.69, 9.17) is 0 Å². The molecule has 1 N–H and O–H groups in total. The molecule has 1 aliphatic heterocycles. The van der Waals surface area contributed by atoms with Gasteiger partial charge in [-0.3, -0.25) is 9.59 Å². The van der Waals surface area contributed by atoms with E-state index in [1.54, 1.807) is 13.8 Å². The van der Waals surface area contributed by atoms with Crippen LogP contribution >= 0.6 is 0 Å². The van der Waals surface area contributed by atoms with E-state index < -0.39 is 5.54 Å². The summed E-state index contributed by atoms with van der Waals surface area (Å²) in [4.78, 5) is 26.3. The lowest BCUT2D eigenvalue weighted by Gasteiger charge is -2.44. The van der Waals surface area contributed by atoms with Gasteiger partial charge in [0, 0.05) is 6.04 Å². The molecule has 0 spiro atoms. The first-order valence-electron chi connectivity index (χ1n) is 6.79. The largest absolute Gasteiger partial charge is 0.340 e. The zero-order valence-corrected chi connectivity index (χ0v) is 12.0. The van der Waals surface area contributed by atoms with Gasteiger partial charge in [-0.2, -0.15) is 0 Å². The highest BCUT2D eigenvalue weighted by molar-refractivity contribution is 5.99. The summed E-state index contributed by atoms with van der Waals surface area (Å²) in [5.74, 6) is 0.0154. The fraction of sp³-hybridized carbons (Fsp3) is 0.857. The highest BCUT2D eigenvalue weighted by Gasteiger charge is 2.48. The van der Waals surface area contributed by atoms with Crippen molar-refractivity contribution in [2.45, 2.75) is 71.5 Å². The van der Waals surface area contributed by atoms with Crippen LogP contribution in [0.15, 0.2) is 0 Å². The van der Waals surface area contributed by atoms with Crippen molar-refractivity contribution in [2.24, 2.45) is 5.41 Å². The Morgan fingerprint density at radius 2 is 1.83 bits per heavy atom. The van der Waals surface area contributed by atoms with Crippen molar-refractivity contribution in [3.8, 4) is 0 Å². The van der Waals surface area contributed by atoms with E-state index in [0.29, 0.717) is 0 Å². The van der Waals surface area contributed by atoms with Crippen LogP contribution in [-0.2, 0) is 9.59 Å². The predicted molar refractivity (Wildman–Crippen MR) is 69.9 cm³/mol. The van der Waals surface area contributed by atoms with Crippen molar-refractivity contribution in [3.63, 3.8) is 0 Å². The van der Waals surface area contributed by atoms with Gasteiger partial charge in [-0.15, -0.1) is 0 Å². The van der Waals surface area contributed by atoms with Gasteiger partial charge in [0.2, 0.25) is 11.8 Å². The number of amides is 2. The van der Waals surface area contributed by atoms with E-state index in [0.717, 1.165) is 19.3 Å². The molecule has 1 aliphatic carbocycles. The maximum Gasteiger partial charge on any atom is 0.248 e. The predicted octanol–water partition coefficient (Wildman–Crippen LogP) is 1.69. The molecule has 2 atom stereocenters. The van der Waals surface area contributed by atoms with Crippen molar-refractivity contribution in [1.82, 2.24) is 10.2 Å². The number of carbonyl (C=O) groups excluding carboxylic acids is 2. The topological polar surface area (TPSA) is 49.4 Å². The standard InChI is InChI=1S/C14H24N2O2/c1-9-11(17)15-14(4,5)12(18)16(9)10-6-7-13(2,3)8-10/h9-10H,6-8H2,1-5H3,(H,15,17). The monoisotopic (exact) mass is 252 g/mol. The summed E-state index contributed by atoms with van der Waals surface area (Å²) in [6, 6.07) is -0.128. The second-order valence-corrected chi connectivity index (χ2v) is 7.06. The number of nitrogens with one attached hydrogen (secondary N) is 1. The molecule has 0 aromatic rings. The minimum absolute atomic E-state index is 0.0377. The number of rotatable bonds is 1. The molecular weight excluding hydrogens is 228 g/mol. The Morgan fingerprint density at radius 1 is 1.22 bits per heavy atom. The molecule has 2 unspecified atom stereocenters. The third-order valence-electron chi connectivity index (χ3n) is 4.34. The van der Waals surface area contributed by atoms with Crippen LogP contribution in [0.4, 0.5) is 0 Å². The van der Waals surface area contributed by atoms with Gasteiger partial charge in [-0.1, -0.05) is 13.8 Å². The first-order valence-corrected chi connectivity index (χ1v) is 6.79. The molecule has 0 radical (unpaired) electrons. The molecule has 4 heteroatoms. The minimum atomic E-state index is -0.768. The van der Waals surface area contributed by atoms with Crippen LogP contribution in [0.1, 0.15) is 53.9 Å². The number of piperazine rings is 1. The molecule has 2 amide bonds. The van der Waals surface area contributed by atoms with Gasteiger partial charge >= 0.3 is 0 Å². The lowest BCUT2D eigenvalue weighted by molar-refractivity contribution is -0.155. The van der Waals surface area contributed by atoms with Crippen LogP contribution in [0.5, 0.6) is 0 Å². The summed E-state index contributed by atoms with van der Waals surface area (Å²) < 4.78 is 0. The van der Waals surface area contributed by atoms with Gasteiger partial charge in [0.1, 0.15) is 11.6 Å².